The molecular weight excluding hydrogens is 248 g/mol. The molecule has 3 N–H and O–H groups in total. The third kappa shape index (κ3) is 10.1. The predicted molar refractivity (Wildman–Crippen MR) is 71.6 cm³/mol. The number of carbonyl (C=O) groups excluding carboxylic acids is 2. The molecule has 0 fully saturated rings. The molecule has 0 aromatic rings. The van der Waals surface area contributed by atoms with E-state index in [2.05, 4.69) is 17.6 Å². The van der Waals surface area contributed by atoms with Gasteiger partial charge in [-0.15, -0.1) is 0 Å². The van der Waals surface area contributed by atoms with Crippen LogP contribution in [0, 0.1) is 0 Å². The van der Waals surface area contributed by atoms with E-state index in [-0.39, 0.29) is 12.5 Å². The number of aliphatic carboxylic acids is 1. The van der Waals surface area contributed by atoms with E-state index in [0.717, 1.165) is 25.7 Å². The molecule has 19 heavy (non-hydrogen) atoms. The lowest BCUT2D eigenvalue weighted by molar-refractivity contribution is -0.141. The summed E-state index contributed by atoms with van der Waals surface area (Å²) in [6, 6.07) is -0.946. The summed E-state index contributed by atoms with van der Waals surface area (Å²) in [6.45, 7) is 3.32. The minimum Gasteiger partial charge on any atom is -0.480 e. The van der Waals surface area contributed by atoms with Crippen LogP contribution >= 0.6 is 0 Å². The first-order valence-electron chi connectivity index (χ1n) is 6.76. The van der Waals surface area contributed by atoms with Gasteiger partial charge in [0, 0.05) is 6.42 Å². The van der Waals surface area contributed by atoms with Crippen molar-refractivity contribution < 1.29 is 19.5 Å². The summed E-state index contributed by atoms with van der Waals surface area (Å²) >= 11 is 0. The Morgan fingerprint density at radius 3 is 2.26 bits per heavy atom. The fraction of sp³-hybridized carbons (Fsp3) is 0.769. The van der Waals surface area contributed by atoms with Crippen LogP contribution in [-0.2, 0) is 14.4 Å². The number of unbranched alkanes of at least 4 members (excludes halogenated alkanes) is 4. The first kappa shape index (κ1) is 17.4. The summed E-state index contributed by atoms with van der Waals surface area (Å²) in [7, 11) is 0. The SMILES string of the molecule is CCCCCCCC(=O)NCC(=O)N[C@@H](C)C(=O)O. The maximum Gasteiger partial charge on any atom is 0.325 e. The molecule has 0 bridgehead atoms. The van der Waals surface area contributed by atoms with E-state index in [1.165, 1.54) is 13.3 Å². The quantitative estimate of drug-likeness (QED) is 0.518. The Morgan fingerprint density at radius 1 is 1.05 bits per heavy atom. The largest absolute Gasteiger partial charge is 0.480 e. The van der Waals surface area contributed by atoms with Crippen LogP contribution < -0.4 is 10.6 Å². The van der Waals surface area contributed by atoms with Gasteiger partial charge >= 0.3 is 5.97 Å². The molecule has 2 amide bonds. The van der Waals surface area contributed by atoms with Gasteiger partial charge in [0.25, 0.3) is 0 Å². The Bertz CT molecular complexity index is 305. The normalized spacial score (nSPS) is 11.7. The van der Waals surface area contributed by atoms with Crippen molar-refractivity contribution in [2.45, 2.75) is 58.4 Å². The number of rotatable bonds is 10. The molecule has 6 nitrogen and oxygen atoms in total. The number of carboxylic acid groups (broad SMARTS) is 1. The minimum absolute atomic E-state index is 0.172. The Morgan fingerprint density at radius 2 is 1.68 bits per heavy atom. The maximum absolute atomic E-state index is 11.4. The van der Waals surface area contributed by atoms with Crippen molar-refractivity contribution in [3.05, 3.63) is 0 Å². The third-order valence-corrected chi connectivity index (χ3v) is 2.70. The molecular formula is C13H24N2O4. The maximum atomic E-state index is 11.4. The van der Waals surface area contributed by atoms with E-state index in [9.17, 15) is 14.4 Å². The van der Waals surface area contributed by atoms with Gasteiger partial charge < -0.3 is 15.7 Å². The first-order chi connectivity index (χ1) is 8.97. The predicted octanol–water partition coefficient (Wildman–Crippen LogP) is 1.05. The highest BCUT2D eigenvalue weighted by molar-refractivity contribution is 5.87. The lowest BCUT2D eigenvalue weighted by Gasteiger charge is -2.09. The van der Waals surface area contributed by atoms with Crippen molar-refractivity contribution in [3.8, 4) is 0 Å². The topological polar surface area (TPSA) is 95.5 Å². The van der Waals surface area contributed by atoms with E-state index in [1.54, 1.807) is 0 Å². The van der Waals surface area contributed by atoms with Gasteiger partial charge in [0.05, 0.1) is 6.54 Å². The molecule has 0 spiro atoms. The van der Waals surface area contributed by atoms with Gasteiger partial charge in [-0.05, 0) is 13.3 Å². The van der Waals surface area contributed by atoms with Crippen LogP contribution in [0.1, 0.15) is 52.4 Å². The first-order valence-corrected chi connectivity index (χ1v) is 6.76. The Balaban J connectivity index is 3.61. The number of hydrogen-bond donors (Lipinski definition) is 3. The molecule has 0 rings (SSSR count). The van der Waals surface area contributed by atoms with Gasteiger partial charge in [0.1, 0.15) is 6.04 Å². The molecule has 0 aromatic heterocycles. The molecule has 6 heteroatoms. The number of amides is 2. The molecule has 0 unspecified atom stereocenters. The van der Waals surface area contributed by atoms with E-state index in [1.807, 2.05) is 0 Å². The summed E-state index contributed by atoms with van der Waals surface area (Å²) in [5.41, 5.74) is 0. The standard InChI is InChI=1S/C13H24N2O4/c1-3-4-5-6-7-8-11(16)14-9-12(17)15-10(2)13(18)19/h10H,3-9H2,1-2H3,(H,14,16)(H,15,17)(H,18,19)/t10-/m0/s1. The van der Waals surface area contributed by atoms with Crippen LogP contribution in [-0.4, -0.2) is 35.5 Å². The van der Waals surface area contributed by atoms with Crippen molar-refractivity contribution in [3.63, 3.8) is 0 Å². The molecule has 0 heterocycles. The second-order valence-electron chi connectivity index (χ2n) is 4.57. The summed E-state index contributed by atoms with van der Waals surface area (Å²) in [5, 5.41) is 13.3. The van der Waals surface area contributed by atoms with Crippen molar-refractivity contribution in [2.24, 2.45) is 0 Å². The number of carbonyl (C=O) groups is 3. The Kier molecular flexibility index (Phi) is 9.48. The second-order valence-corrected chi connectivity index (χ2v) is 4.57. The molecule has 1 atom stereocenters. The lowest BCUT2D eigenvalue weighted by Crippen LogP contribution is -2.43. The third-order valence-electron chi connectivity index (χ3n) is 2.70. The molecule has 0 saturated heterocycles. The summed E-state index contributed by atoms with van der Waals surface area (Å²) in [6.07, 6.45) is 5.71. The van der Waals surface area contributed by atoms with Crippen LogP contribution in [0.4, 0.5) is 0 Å². The fourth-order valence-corrected chi connectivity index (χ4v) is 1.51. The number of hydrogen-bond acceptors (Lipinski definition) is 3. The summed E-state index contributed by atoms with van der Waals surface area (Å²) < 4.78 is 0. The average molecular weight is 272 g/mol. The van der Waals surface area contributed by atoms with Gasteiger partial charge in [0.15, 0.2) is 0 Å². The highest BCUT2D eigenvalue weighted by atomic mass is 16.4. The molecule has 0 aliphatic rings. The van der Waals surface area contributed by atoms with Gasteiger partial charge in [-0.1, -0.05) is 32.6 Å². The zero-order valence-corrected chi connectivity index (χ0v) is 11.7. The molecule has 0 aromatic carbocycles. The molecule has 0 aliphatic heterocycles. The fourth-order valence-electron chi connectivity index (χ4n) is 1.51. The minimum atomic E-state index is -1.10. The van der Waals surface area contributed by atoms with Crippen molar-refractivity contribution >= 4 is 17.8 Å². The highest BCUT2D eigenvalue weighted by Crippen LogP contribution is 2.04. The Hall–Kier alpha value is -1.59. The Labute approximate surface area is 113 Å². The zero-order valence-electron chi connectivity index (χ0n) is 11.7. The van der Waals surface area contributed by atoms with Gasteiger partial charge in [-0.3, -0.25) is 14.4 Å². The smallest absolute Gasteiger partial charge is 0.325 e. The average Bonchev–Trinajstić information content (AvgIpc) is 2.36. The molecule has 0 radical (unpaired) electrons. The van der Waals surface area contributed by atoms with E-state index < -0.39 is 17.9 Å². The van der Waals surface area contributed by atoms with Gasteiger partial charge in [-0.25, -0.2) is 0 Å². The van der Waals surface area contributed by atoms with Crippen LogP contribution in [0.3, 0.4) is 0 Å². The lowest BCUT2D eigenvalue weighted by atomic mass is 10.1. The highest BCUT2D eigenvalue weighted by Gasteiger charge is 2.14. The monoisotopic (exact) mass is 272 g/mol. The zero-order chi connectivity index (χ0) is 14.7. The van der Waals surface area contributed by atoms with Gasteiger partial charge in [-0.2, -0.15) is 0 Å². The molecule has 110 valence electrons. The van der Waals surface area contributed by atoms with Crippen molar-refractivity contribution in [1.82, 2.24) is 10.6 Å². The number of carboxylic acids is 1. The van der Waals surface area contributed by atoms with Crippen LogP contribution in [0.5, 0.6) is 0 Å². The van der Waals surface area contributed by atoms with Crippen molar-refractivity contribution in [2.75, 3.05) is 6.54 Å². The van der Waals surface area contributed by atoms with E-state index in [0.29, 0.717) is 6.42 Å². The number of nitrogens with one attached hydrogen (secondary N) is 2. The van der Waals surface area contributed by atoms with Crippen LogP contribution in [0.2, 0.25) is 0 Å². The van der Waals surface area contributed by atoms with E-state index in [4.69, 9.17) is 5.11 Å². The van der Waals surface area contributed by atoms with E-state index >= 15 is 0 Å². The van der Waals surface area contributed by atoms with Crippen molar-refractivity contribution in [1.29, 1.82) is 0 Å². The summed E-state index contributed by atoms with van der Waals surface area (Å²) in [4.78, 5) is 33.2. The molecule has 0 aliphatic carbocycles. The van der Waals surface area contributed by atoms with Gasteiger partial charge in [0.2, 0.25) is 11.8 Å². The summed E-state index contributed by atoms with van der Waals surface area (Å²) in [5.74, 6) is -1.76. The van der Waals surface area contributed by atoms with Crippen LogP contribution in [0.15, 0.2) is 0 Å². The second kappa shape index (κ2) is 10.3. The van der Waals surface area contributed by atoms with Crippen LogP contribution in [0.25, 0.3) is 0 Å². The molecule has 0 saturated carbocycles.